The lowest BCUT2D eigenvalue weighted by molar-refractivity contribution is -0.129. The van der Waals surface area contributed by atoms with Gasteiger partial charge in [0.2, 0.25) is 5.91 Å². The van der Waals surface area contributed by atoms with Crippen molar-refractivity contribution >= 4 is 35.2 Å². The van der Waals surface area contributed by atoms with Gasteiger partial charge in [0.1, 0.15) is 6.54 Å². The van der Waals surface area contributed by atoms with Crippen LogP contribution in [0.4, 0.5) is 10.1 Å². The average molecular weight is 389 g/mol. The minimum absolute atomic E-state index is 0.0630. The number of nitrogens with zero attached hydrogens (tertiary/aromatic N) is 1. The Morgan fingerprint density at radius 2 is 1.78 bits per heavy atom. The molecule has 0 radical (unpaired) electrons. The molecule has 0 fully saturated rings. The Morgan fingerprint density at radius 1 is 1.07 bits per heavy atom. The number of thioether (sulfide) groups is 1. The molecule has 0 unspecified atom stereocenters. The van der Waals surface area contributed by atoms with Gasteiger partial charge in [-0.15, -0.1) is 11.8 Å². The fraction of sp³-hybridized carbons (Fsp3) is 0.167. The summed E-state index contributed by atoms with van der Waals surface area (Å²) in [5.41, 5.74) is 5.05. The molecule has 0 atom stereocenters. The predicted octanol–water partition coefficient (Wildman–Crippen LogP) is 1.49. The molecule has 3 rings (SSSR count). The second kappa shape index (κ2) is 8.54. The molecular formula is C18H16FN3O4S. The monoisotopic (exact) mass is 389 g/mol. The Balaban J connectivity index is 1.49. The van der Waals surface area contributed by atoms with E-state index in [1.165, 1.54) is 34.9 Å². The quantitative estimate of drug-likeness (QED) is 0.757. The van der Waals surface area contributed by atoms with Crippen LogP contribution in [0.3, 0.4) is 0 Å². The molecule has 2 N–H and O–H groups in total. The zero-order valence-corrected chi connectivity index (χ0v) is 14.9. The van der Waals surface area contributed by atoms with E-state index in [0.717, 1.165) is 4.90 Å². The number of fused-ring (bicyclic) bond motifs is 1. The fourth-order valence-corrected chi connectivity index (χ4v) is 3.33. The number of hydrogen-bond acceptors (Lipinski definition) is 5. The van der Waals surface area contributed by atoms with Crippen molar-refractivity contribution in [3.63, 3.8) is 0 Å². The van der Waals surface area contributed by atoms with Crippen LogP contribution >= 0.6 is 11.8 Å². The van der Waals surface area contributed by atoms with Crippen LogP contribution in [0.1, 0.15) is 0 Å². The van der Waals surface area contributed by atoms with Crippen molar-refractivity contribution < 1.29 is 23.5 Å². The first kappa shape index (κ1) is 18.7. The Morgan fingerprint density at radius 3 is 2.59 bits per heavy atom. The maximum absolute atomic E-state index is 13.4. The number of hydrogen-bond donors (Lipinski definition) is 2. The smallest absolute Gasteiger partial charge is 0.276 e. The molecule has 0 aliphatic carbocycles. The average Bonchev–Trinajstić information content (AvgIpc) is 2.68. The summed E-state index contributed by atoms with van der Waals surface area (Å²) in [4.78, 5) is 38.2. The van der Waals surface area contributed by atoms with E-state index in [9.17, 15) is 18.8 Å². The lowest BCUT2D eigenvalue weighted by Crippen LogP contribution is -2.49. The van der Waals surface area contributed by atoms with Gasteiger partial charge < -0.3 is 9.64 Å². The molecule has 0 saturated carbocycles. The van der Waals surface area contributed by atoms with Crippen molar-refractivity contribution in [2.45, 2.75) is 4.90 Å². The molecule has 140 valence electrons. The molecule has 3 amide bonds. The summed E-state index contributed by atoms with van der Waals surface area (Å²) in [6, 6.07) is 12.9. The molecule has 1 aliphatic rings. The van der Waals surface area contributed by atoms with Gasteiger partial charge in [0.05, 0.1) is 11.4 Å². The standard InChI is InChI=1S/C18H16FN3O4S/c19-12-5-1-3-7-14(12)26-10-17(24)21-20-16(23)9-22-13-6-2-4-8-15(13)27-11-18(22)25/h1-8H,9-11H2,(H,20,23)(H,21,24). The van der Waals surface area contributed by atoms with Crippen LogP contribution in [0.2, 0.25) is 0 Å². The molecule has 2 aromatic carbocycles. The lowest BCUT2D eigenvalue weighted by Gasteiger charge is -2.28. The van der Waals surface area contributed by atoms with Gasteiger partial charge in [-0.2, -0.15) is 0 Å². The number of para-hydroxylation sites is 2. The Kier molecular flexibility index (Phi) is 5.92. The first-order valence-corrected chi connectivity index (χ1v) is 9.00. The number of benzene rings is 2. The molecule has 9 heteroatoms. The van der Waals surface area contributed by atoms with Gasteiger partial charge in [0.15, 0.2) is 18.2 Å². The van der Waals surface area contributed by atoms with E-state index in [-0.39, 0.29) is 24.0 Å². The topological polar surface area (TPSA) is 87.7 Å². The normalized spacial score (nSPS) is 12.9. The molecule has 27 heavy (non-hydrogen) atoms. The number of carbonyl (C=O) groups is 3. The van der Waals surface area contributed by atoms with Crippen molar-refractivity contribution in [3.05, 3.63) is 54.3 Å². The first-order chi connectivity index (χ1) is 13.0. The van der Waals surface area contributed by atoms with Crippen molar-refractivity contribution in [2.75, 3.05) is 23.8 Å². The summed E-state index contributed by atoms with van der Waals surface area (Å²) in [7, 11) is 0. The minimum atomic E-state index is -0.660. The minimum Gasteiger partial charge on any atom is -0.481 e. The molecule has 0 saturated heterocycles. The second-order valence-electron chi connectivity index (χ2n) is 5.55. The number of rotatable bonds is 5. The number of nitrogens with one attached hydrogen (secondary N) is 2. The third kappa shape index (κ3) is 4.76. The second-order valence-corrected chi connectivity index (χ2v) is 6.57. The number of amides is 3. The van der Waals surface area contributed by atoms with Gasteiger partial charge in [-0.05, 0) is 24.3 Å². The van der Waals surface area contributed by atoms with Crippen molar-refractivity contribution in [3.8, 4) is 5.75 Å². The van der Waals surface area contributed by atoms with E-state index in [1.54, 1.807) is 18.2 Å². The Bertz CT molecular complexity index is 877. The van der Waals surface area contributed by atoms with Crippen molar-refractivity contribution in [1.82, 2.24) is 10.9 Å². The highest BCUT2D eigenvalue weighted by Gasteiger charge is 2.26. The number of hydrazine groups is 1. The molecular weight excluding hydrogens is 373 g/mol. The van der Waals surface area contributed by atoms with Gasteiger partial charge in [0, 0.05) is 4.90 Å². The largest absolute Gasteiger partial charge is 0.481 e. The van der Waals surface area contributed by atoms with Gasteiger partial charge >= 0.3 is 0 Å². The van der Waals surface area contributed by atoms with Crippen LogP contribution in [-0.2, 0) is 14.4 Å². The molecule has 0 aromatic heterocycles. The van der Waals surface area contributed by atoms with Crippen LogP contribution < -0.4 is 20.5 Å². The highest BCUT2D eigenvalue weighted by atomic mass is 32.2. The third-order valence-corrected chi connectivity index (χ3v) is 4.69. The molecule has 1 aliphatic heterocycles. The molecule has 7 nitrogen and oxygen atoms in total. The first-order valence-electron chi connectivity index (χ1n) is 8.02. The summed E-state index contributed by atoms with van der Waals surface area (Å²) in [6.45, 7) is -0.700. The van der Waals surface area contributed by atoms with E-state index >= 15 is 0 Å². The summed E-state index contributed by atoms with van der Waals surface area (Å²) >= 11 is 1.41. The van der Waals surface area contributed by atoms with Crippen LogP contribution in [0.5, 0.6) is 5.75 Å². The SMILES string of the molecule is O=C(COc1ccccc1F)NNC(=O)CN1C(=O)CSc2ccccc21. The van der Waals surface area contributed by atoms with Crippen LogP contribution in [0.25, 0.3) is 0 Å². The van der Waals surface area contributed by atoms with E-state index in [0.29, 0.717) is 5.69 Å². The van der Waals surface area contributed by atoms with Gasteiger partial charge in [-0.25, -0.2) is 4.39 Å². The third-order valence-electron chi connectivity index (χ3n) is 3.65. The van der Waals surface area contributed by atoms with Crippen LogP contribution in [0, 0.1) is 5.82 Å². The van der Waals surface area contributed by atoms with Crippen molar-refractivity contribution in [1.29, 1.82) is 0 Å². The highest BCUT2D eigenvalue weighted by molar-refractivity contribution is 8.00. The summed E-state index contributed by atoms with van der Waals surface area (Å²) in [5, 5.41) is 0. The maximum atomic E-state index is 13.4. The molecule has 1 heterocycles. The fourth-order valence-electron chi connectivity index (χ4n) is 2.39. The predicted molar refractivity (Wildman–Crippen MR) is 97.7 cm³/mol. The van der Waals surface area contributed by atoms with Crippen LogP contribution in [0.15, 0.2) is 53.4 Å². The zero-order valence-electron chi connectivity index (χ0n) is 14.1. The number of halogens is 1. The van der Waals surface area contributed by atoms with Crippen molar-refractivity contribution in [2.24, 2.45) is 0 Å². The molecule has 0 spiro atoms. The van der Waals surface area contributed by atoms with Gasteiger partial charge in [-0.1, -0.05) is 24.3 Å². The van der Waals surface area contributed by atoms with Gasteiger partial charge in [0.25, 0.3) is 11.8 Å². The number of anilines is 1. The van der Waals surface area contributed by atoms with Crippen LogP contribution in [-0.4, -0.2) is 36.6 Å². The summed E-state index contributed by atoms with van der Waals surface area (Å²) in [5.74, 6) is -1.82. The van der Waals surface area contributed by atoms with E-state index in [4.69, 9.17) is 4.74 Å². The molecule has 0 bridgehead atoms. The Hall–Kier alpha value is -3.07. The number of carbonyl (C=O) groups excluding carboxylic acids is 3. The van der Waals surface area contributed by atoms with E-state index in [2.05, 4.69) is 10.9 Å². The van der Waals surface area contributed by atoms with E-state index < -0.39 is 24.2 Å². The number of ether oxygens (including phenoxy) is 1. The summed E-state index contributed by atoms with van der Waals surface area (Å²) < 4.78 is 18.4. The Labute approximate surface area is 158 Å². The molecule has 2 aromatic rings. The summed E-state index contributed by atoms with van der Waals surface area (Å²) in [6.07, 6.45) is 0. The highest BCUT2D eigenvalue weighted by Crippen LogP contribution is 2.34. The zero-order chi connectivity index (χ0) is 19.2. The lowest BCUT2D eigenvalue weighted by atomic mass is 10.2. The van der Waals surface area contributed by atoms with E-state index in [1.807, 2.05) is 12.1 Å². The van der Waals surface area contributed by atoms with Gasteiger partial charge in [-0.3, -0.25) is 25.2 Å². The maximum Gasteiger partial charge on any atom is 0.276 e.